The molecule has 1 aliphatic heterocycles. The Morgan fingerprint density at radius 3 is 2.81 bits per heavy atom. The number of nitrogens with zero attached hydrogens (tertiary/aromatic N) is 2. The van der Waals surface area contributed by atoms with E-state index in [1.165, 1.54) is 24.1 Å². The fourth-order valence-corrected chi connectivity index (χ4v) is 4.13. The number of nitrogens with one attached hydrogen (secondary N) is 1. The van der Waals surface area contributed by atoms with Crippen molar-refractivity contribution in [2.24, 2.45) is 5.92 Å². The quantitative estimate of drug-likeness (QED) is 0.797. The molecule has 1 saturated carbocycles. The van der Waals surface area contributed by atoms with Crippen LogP contribution in [0.15, 0.2) is 18.2 Å². The number of carbonyl (C=O) groups excluding carboxylic acids is 3. The van der Waals surface area contributed by atoms with Crippen molar-refractivity contribution in [3.05, 3.63) is 34.6 Å². The number of hydrogen-bond donors (Lipinski definition) is 1. The van der Waals surface area contributed by atoms with Gasteiger partial charge in [0, 0.05) is 24.2 Å². The standard InChI is InChI=1S/C19H23ClFN3O3/c1-12-6-3-4-9-19(12)17(26)24(18(27)22-19)11-16(25)23(2)10-13-14(20)7-5-8-15(13)21/h5,7-8,12H,3-4,6,9-11H2,1-2H3,(H,22,27). The highest BCUT2D eigenvalue weighted by molar-refractivity contribution is 6.31. The molecule has 1 spiro atoms. The van der Waals surface area contributed by atoms with Crippen LogP contribution >= 0.6 is 11.6 Å². The highest BCUT2D eigenvalue weighted by atomic mass is 35.5. The minimum absolute atomic E-state index is 0.0257. The Bertz CT molecular complexity index is 767. The van der Waals surface area contributed by atoms with Gasteiger partial charge in [-0.3, -0.25) is 14.5 Å². The Hall–Kier alpha value is -2.15. The second kappa shape index (κ2) is 7.46. The molecule has 0 bridgehead atoms. The van der Waals surface area contributed by atoms with E-state index in [4.69, 9.17) is 11.6 Å². The maximum atomic E-state index is 13.9. The van der Waals surface area contributed by atoms with Gasteiger partial charge in [-0.15, -0.1) is 0 Å². The lowest BCUT2D eigenvalue weighted by Gasteiger charge is -2.36. The van der Waals surface area contributed by atoms with Gasteiger partial charge in [0.2, 0.25) is 5.91 Å². The van der Waals surface area contributed by atoms with Crippen molar-refractivity contribution in [1.82, 2.24) is 15.1 Å². The summed E-state index contributed by atoms with van der Waals surface area (Å²) in [4.78, 5) is 40.1. The lowest BCUT2D eigenvalue weighted by atomic mass is 9.73. The fourth-order valence-electron chi connectivity index (χ4n) is 3.90. The van der Waals surface area contributed by atoms with E-state index in [0.717, 1.165) is 24.2 Å². The number of amides is 4. The molecule has 1 heterocycles. The van der Waals surface area contributed by atoms with E-state index >= 15 is 0 Å². The summed E-state index contributed by atoms with van der Waals surface area (Å²) in [5.74, 6) is -1.28. The second-order valence-electron chi connectivity index (χ2n) is 7.39. The maximum Gasteiger partial charge on any atom is 0.325 e. The molecule has 2 fully saturated rings. The van der Waals surface area contributed by atoms with Gasteiger partial charge in [0.15, 0.2) is 0 Å². The highest BCUT2D eigenvalue weighted by Crippen LogP contribution is 2.38. The summed E-state index contributed by atoms with van der Waals surface area (Å²) in [6.45, 7) is 1.53. The van der Waals surface area contributed by atoms with Crippen LogP contribution in [0.2, 0.25) is 5.02 Å². The highest BCUT2D eigenvalue weighted by Gasteiger charge is 2.55. The first-order valence-electron chi connectivity index (χ1n) is 9.07. The molecule has 6 nitrogen and oxygen atoms in total. The molecule has 146 valence electrons. The van der Waals surface area contributed by atoms with E-state index in [1.807, 2.05) is 6.92 Å². The number of benzene rings is 1. The molecule has 1 aliphatic carbocycles. The first kappa shape index (κ1) is 19.6. The van der Waals surface area contributed by atoms with Gasteiger partial charge in [0.1, 0.15) is 17.9 Å². The van der Waals surface area contributed by atoms with Gasteiger partial charge in [-0.2, -0.15) is 0 Å². The predicted octanol–water partition coefficient (Wildman–Crippen LogP) is 2.94. The number of rotatable bonds is 4. The van der Waals surface area contributed by atoms with E-state index in [1.54, 1.807) is 6.07 Å². The largest absolute Gasteiger partial charge is 0.340 e. The van der Waals surface area contributed by atoms with E-state index < -0.39 is 23.3 Å². The summed E-state index contributed by atoms with van der Waals surface area (Å²) >= 11 is 6.00. The summed E-state index contributed by atoms with van der Waals surface area (Å²) in [6.07, 6.45) is 3.34. The van der Waals surface area contributed by atoms with Crippen molar-refractivity contribution in [3.8, 4) is 0 Å². The number of carbonyl (C=O) groups is 3. The second-order valence-corrected chi connectivity index (χ2v) is 7.80. The summed E-state index contributed by atoms with van der Waals surface area (Å²) in [5.41, 5.74) is -0.701. The molecule has 3 rings (SSSR count). The minimum Gasteiger partial charge on any atom is -0.340 e. The average Bonchev–Trinajstić information content (AvgIpc) is 2.85. The van der Waals surface area contributed by atoms with Crippen LogP contribution in [0.3, 0.4) is 0 Å². The Morgan fingerprint density at radius 2 is 2.15 bits per heavy atom. The van der Waals surface area contributed by atoms with E-state index in [-0.39, 0.29) is 35.5 Å². The third-order valence-corrected chi connectivity index (χ3v) is 6.03. The van der Waals surface area contributed by atoms with Gasteiger partial charge in [-0.1, -0.05) is 37.4 Å². The molecule has 1 aromatic rings. The number of hydrogen-bond acceptors (Lipinski definition) is 3. The van der Waals surface area contributed by atoms with Crippen molar-refractivity contribution in [1.29, 1.82) is 0 Å². The van der Waals surface area contributed by atoms with Crippen LogP contribution < -0.4 is 5.32 Å². The van der Waals surface area contributed by atoms with Crippen molar-refractivity contribution in [2.75, 3.05) is 13.6 Å². The first-order chi connectivity index (χ1) is 12.8. The summed E-state index contributed by atoms with van der Waals surface area (Å²) in [7, 11) is 1.49. The third kappa shape index (κ3) is 3.52. The summed E-state index contributed by atoms with van der Waals surface area (Å²) < 4.78 is 13.9. The topological polar surface area (TPSA) is 69.7 Å². The van der Waals surface area contributed by atoms with Gasteiger partial charge < -0.3 is 10.2 Å². The van der Waals surface area contributed by atoms with Gasteiger partial charge in [0.25, 0.3) is 5.91 Å². The van der Waals surface area contributed by atoms with Crippen LogP contribution in [0.5, 0.6) is 0 Å². The minimum atomic E-state index is -0.900. The molecule has 2 unspecified atom stereocenters. The van der Waals surface area contributed by atoms with Gasteiger partial charge in [-0.25, -0.2) is 9.18 Å². The summed E-state index contributed by atoms with van der Waals surface area (Å²) in [6, 6.07) is 3.76. The number of likely N-dealkylation sites (N-methyl/N-ethyl adjacent to an activating group) is 1. The van der Waals surface area contributed by atoms with Gasteiger partial charge >= 0.3 is 6.03 Å². The lowest BCUT2D eigenvalue weighted by molar-refractivity contribution is -0.140. The molecule has 0 aromatic heterocycles. The molecule has 2 atom stereocenters. The van der Waals surface area contributed by atoms with E-state index in [9.17, 15) is 18.8 Å². The van der Waals surface area contributed by atoms with Crippen molar-refractivity contribution >= 4 is 29.4 Å². The Balaban J connectivity index is 1.70. The Kier molecular flexibility index (Phi) is 5.42. The molecule has 1 aromatic carbocycles. The number of halogens is 2. The zero-order valence-electron chi connectivity index (χ0n) is 15.4. The van der Waals surface area contributed by atoms with Crippen LogP contribution in [0.4, 0.5) is 9.18 Å². The molecule has 8 heteroatoms. The van der Waals surface area contributed by atoms with E-state index in [0.29, 0.717) is 6.42 Å². The molecular formula is C19H23ClFN3O3. The zero-order valence-corrected chi connectivity index (χ0v) is 16.2. The van der Waals surface area contributed by atoms with E-state index in [2.05, 4.69) is 5.32 Å². The van der Waals surface area contributed by atoms with Crippen molar-refractivity contribution in [2.45, 2.75) is 44.7 Å². The molecule has 2 aliphatic rings. The molecule has 0 radical (unpaired) electrons. The molecule has 1 saturated heterocycles. The smallest absolute Gasteiger partial charge is 0.325 e. The average molecular weight is 396 g/mol. The predicted molar refractivity (Wildman–Crippen MR) is 98.5 cm³/mol. The van der Waals surface area contributed by atoms with Crippen LogP contribution in [0, 0.1) is 11.7 Å². The summed E-state index contributed by atoms with van der Waals surface area (Å²) in [5, 5.41) is 3.04. The zero-order chi connectivity index (χ0) is 19.8. The molecule has 4 amide bonds. The first-order valence-corrected chi connectivity index (χ1v) is 9.45. The van der Waals surface area contributed by atoms with Crippen LogP contribution in [0.25, 0.3) is 0 Å². The Labute approximate surface area is 162 Å². The van der Waals surface area contributed by atoms with Crippen LogP contribution in [-0.4, -0.2) is 46.8 Å². The Morgan fingerprint density at radius 1 is 1.41 bits per heavy atom. The third-order valence-electron chi connectivity index (χ3n) is 5.68. The van der Waals surface area contributed by atoms with Crippen molar-refractivity contribution in [3.63, 3.8) is 0 Å². The van der Waals surface area contributed by atoms with Gasteiger partial charge in [0.05, 0.1) is 0 Å². The molecule has 1 N–H and O–H groups in total. The normalized spacial score (nSPS) is 25.0. The fraction of sp³-hybridized carbons (Fsp3) is 0.526. The number of imide groups is 1. The van der Waals surface area contributed by atoms with Crippen molar-refractivity contribution < 1.29 is 18.8 Å². The van der Waals surface area contributed by atoms with Gasteiger partial charge in [-0.05, 0) is 30.9 Å². The maximum absolute atomic E-state index is 13.9. The van der Waals surface area contributed by atoms with Crippen LogP contribution in [0.1, 0.15) is 38.2 Å². The molecule has 27 heavy (non-hydrogen) atoms. The van der Waals surface area contributed by atoms with Crippen LogP contribution in [-0.2, 0) is 16.1 Å². The SMILES string of the molecule is CC1CCCCC12NC(=O)N(CC(=O)N(C)Cc1c(F)cccc1Cl)C2=O. The molecular weight excluding hydrogens is 373 g/mol. The monoisotopic (exact) mass is 395 g/mol. The number of urea groups is 1. The lowest BCUT2D eigenvalue weighted by Crippen LogP contribution is -2.54.